The van der Waals surface area contributed by atoms with Crippen LogP contribution in [0.5, 0.6) is 0 Å². The molecule has 29 heteroatoms. The quantitative estimate of drug-likeness (QED) is 0.0304. The third-order valence-electron chi connectivity index (χ3n) is 10.7. The second-order valence-electron chi connectivity index (χ2n) is 16.6. The van der Waals surface area contributed by atoms with Crippen molar-refractivity contribution >= 4 is 79.8 Å². The number of allylic oxidation sites excluding steroid dienone is 1. The van der Waals surface area contributed by atoms with E-state index in [0.29, 0.717) is 12.2 Å². The van der Waals surface area contributed by atoms with E-state index in [2.05, 4.69) is 32.0 Å². The minimum atomic E-state index is -5.08. The molecule has 1 saturated heterocycles. The number of carbonyl (C=O) groups is 4. The average molecular weight is 1150 g/mol. The van der Waals surface area contributed by atoms with Crippen LogP contribution in [0.3, 0.4) is 0 Å². The number of anilines is 2. The second kappa shape index (κ2) is 28.5. The summed E-state index contributed by atoms with van der Waals surface area (Å²) in [5.74, 6) is -8.44. The van der Waals surface area contributed by atoms with Gasteiger partial charge in [0.2, 0.25) is 0 Å². The normalized spacial score (nSPS) is 14.5. The van der Waals surface area contributed by atoms with Gasteiger partial charge in [-0.2, -0.15) is 39.5 Å². The number of nitrogens with one attached hydrogen (secondary N) is 2. The summed E-state index contributed by atoms with van der Waals surface area (Å²) in [6.07, 6.45) is -11.2. The van der Waals surface area contributed by atoms with Crippen LogP contribution in [-0.2, 0) is 24.4 Å². The molecule has 0 unspecified atom stereocenters. The topological polar surface area (TPSA) is 240 Å². The van der Waals surface area contributed by atoms with E-state index < -0.39 is 57.3 Å². The standard InChI is InChI=1S/C41H47ClN6O5S2.3C2HF3O2/c1-45(2)22-21-34(29-54-36-8-4-3-5-9-36)43-39-20-19-37(27-40(39)48(50)51)55(52,53)44-41(49)31-13-17-35(18-14-31)47-25-23-46(24-26-47)28-32-7-6-10-38(32)30-11-15-33(42)16-12-30;3*3-2(4,5)1(6)7/h3-5,8-9,11-20,27,34,43H,6-7,10,21-26,28-29H2,1-2H3,(H,44,49);3*(H,6,7)/t34-;;;/m1.../s1. The van der Waals surface area contributed by atoms with Crippen LogP contribution in [0, 0.1) is 10.1 Å². The number of piperazine rings is 1. The van der Waals surface area contributed by atoms with Gasteiger partial charge in [0, 0.05) is 71.8 Å². The summed E-state index contributed by atoms with van der Waals surface area (Å²) in [6.45, 7) is 5.17. The predicted molar refractivity (Wildman–Crippen MR) is 264 cm³/mol. The van der Waals surface area contributed by atoms with Crippen LogP contribution in [-0.4, -0.2) is 146 Å². The maximum absolute atomic E-state index is 13.3. The summed E-state index contributed by atoms with van der Waals surface area (Å²) in [6, 6.07) is 28.4. The molecule has 1 amide bonds. The highest BCUT2D eigenvalue weighted by atomic mass is 35.5. The van der Waals surface area contributed by atoms with Gasteiger partial charge in [-0.1, -0.05) is 47.5 Å². The second-order valence-corrected chi connectivity index (χ2v) is 19.8. The zero-order valence-corrected chi connectivity index (χ0v) is 42.5. The van der Waals surface area contributed by atoms with Gasteiger partial charge in [-0.15, -0.1) is 11.8 Å². The van der Waals surface area contributed by atoms with Crippen molar-refractivity contribution < 1.29 is 87.4 Å². The Labute approximate surface area is 438 Å². The molecular weight excluding hydrogens is 1100 g/mol. The Morgan fingerprint density at radius 3 is 1.79 bits per heavy atom. The van der Waals surface area contributed by atoms with Gasteiger partial charge >= 0.3 is 36.4 Å². The lowest BCUT2D eigenvalue weighted by Gasteiger charge is -2.36. The number of alkyl halides is 9. The molecule has 17 nitrogen and oxygen atoms in total. The number of carboxylic acid groups (broad SMARTS) is 3. The molecule has 76 heavy (non-hydrogen) atoms. The van der Waals surface area contributed by atoms with Gasteiger partial charge in [0.15, 0.2) is 0 Å². The van der Waals surface area contributed by atoms with Gasteiger partial charge in [0.25, 0.3) is 21.6 Å². The molecule has 0 radical (unpaired) electrons. The fourth-order valence-corrected chi connectivity index (χ4v) is 9.09. The Balaban J connectivity index is 0.000000608. The van der Waals surface area contributed by atoms with Gasteiger partial charge in [0.1, 0.15) is 5.69 Å². The highest BCUT2D eigenvalue weighted by Gasteiger charge is 2.39. The number of halogens is 10. The zero-order valence-electron chi connectivity index (χ0n) is 40.1. The third kappa shape index (κ3) is 21.5. The highest BCUT2D eigenvalue weighted by Crippen LogP contribution is 2.35. The van der Waals surface area contributed by atoms with Crippen molar-refractivity contribution in [2.75, 3.05) is 69.3 Å². The van der Waals surface area contributed by atoms with Crippen LogP contribution in [0.4, 0.5) is 56.6 Å². The Kier molecular flexibility index (Phi) is 23.9. The first kappa shape index (κ1) is 63.7. The summed E-state index contributed by atoms with van der Waals surface area (Å²) < 4.78 is 124. The number of nitrogens with zero attached hydrogens (tertiary/aromatic N) is 4. The van der Waals surface area contributed by atoms with Gasteiger partial charge in [-0.05, 0) is 118 Å². The Morgan fingerprint density at radius 2 is 1.30 bits per heavy atom. The molecule has 1 atom stereocenters. The molecule has 4 aromatic rings. The van der Waals surface area contributed by atoms with E-state index in [1.807, 2.05) is 73.6 Å². The van der Waals surface area contributed by atoms with Crippen molar-refractivity contribution in [2.24, 2.45) is 0 Å². The number of sulfonamides is 1. The minimum absolute atomic E-state index is 0.135. The molecule has 2 aliphatic rings. The number of benzene rings is 4. The number of hydrogen-bond acceptors (Lipinski definition) is 13. The summed E-state index contributed by atoms with van der Waals surface area (Å²) in [7, 11) is -0.493. The molecule has 1 heterocycles. The van der Waals surface area contributed by atoms with Crippen LogP contribution in [0.25, 0.3) is 5.57 Å². The Hall–Kier alpha value is -6.62. The van der Waals surface area contributed by atoms with Crippen LogP contribution in [0.1, 0.15) is 41.6 Å². The van der Waals surface area contributed by atoms with Crippen molar-refractivity contribution in [2.45, 2.75) is 60.0 Å². The molecule has 6 rings (SSSR count). The van der Waals surface area contributed by atoms with Gasteiger partial charge < -0.3 is 30.4 Å². The SMILES string of the molecule is CN(C)CC[C@H](CSc1ccccc1)Nc1ccc(S(=O)(=O)NC(=O)c2ccc(N3CCN(CC4=C(c5ccc(Cl)cc5)CCC4)CC3)cc2)cc1[N+](=O)[O-].O=C(O)C(F)(F)F.O=C(O)C(F)(F)F.O=C(O)C(F)(F)F. The molecule has 1 aliphatic carbocycles. The molecule has 0 aromatic heterocycles. The number of thioether (sulfide) groups is 1. The number of carboxylic acids is 3. The minimum Gasteiger partial charge on any atom is -0.475 e. The number of nitro groups is 1. The van der Waals surface area contributed by atoms with E-state index in [4.69, 9.17) is 41.3 Å². The molecule has 0 bridgehead atoms. The lowest BCUT2D eigenvalue weighted by atomic mass is 10.0. The van der Waals surface area contributed by atoms with Gasteiger partial charge in [-0.25, -0.2) is 27.5 Å². The summed E-state index contributed by atoms with van der Waals surface area (Å²) >= 11 is 7.75. The first-order valence-corrected chi connectivity index (χ1v) is 25.0. The van der Waals surface area contributed by atoms with Gasteiger partial charge in [-0.3, -0.25) is 19.8 Å². The number of hydrogen-bond donors (Lipinski definition) is 5. The van der Waals surface area contributed by atoms with E-state index >= 15 is 0 Å². The lowest BCUT2D eigenvalue weighted by molar-refractivity contribution is -0.384. The van der Waals surface area contributed by atoms with E-state index in [1.165, 1.54) is 35.3 Å². The number of aliphatic carboxylic acids is 3. The summed E-state index contributed by atoms with van der Waals surface area (Å²) in [5.41, 5.74) is 5.14. The first-order chi connectivity index (χ1) is 35.3. The number of amides is 1. The van der Waals surface area contributed by atoms with Gasteiger partial charge in [0.05, 0.1) is 9.82 Å². The molecular formula is C47H50ClF9N6O11S2. The maximum Gasteiger partial charge on any atom is 0.490 e. The van der Waals surface area contributed by atoms with Crippen molar-refractivity contribution in [3.8, 4) is 0 Å². The van der Waals surface area contributed by atoms with Crippen LogP contribution in [0.2, 0.25) is 5.02 Å². The highest BCUT2D eigenvalue weighted by molar-refractivity contribution is 7.99. The average Bonchev–Trinajstić information content (AvgIpc) is 3.80. The van der Waals surface area contributed by atoms with Crippen molar-refractivity contribution in [3.63, 3.8) is 0 Å². The predicted octanol–water partition coefficient (Wildman–Crippen LogP) is 9.55. The molecule has 0 saturated carbocycles. The molecule has 1 fully saturated rings. The first-order valence-electron chi connectivity index (χ1n) is 22.2. The van der Waals surface area contributed by atoms with Crippen molar-refractivity contribution in [3.05, 3.63) is 129 Å². The molecule has 5 N–H and O–H groups in total. The van der Waals surface area contributed by atoms with E-state index in [9.17, 15) is 62.8 Å². The van der Waals surface area contributed by atoms with E-state index in [-0.39, 0.29) is 27.9 Å². The maximum atomic E-state index is 13.3. The summed E-state index contributed by atoms with van der Waals surface area (Å²) in [4.78, 5) is 58.9. The van der Waals surface area contributed by atoms with Crippen LogP contribution in [0.15, 0.2) is 112 Å². The third-order valence-corrected chi connectivity index (χ3v) is 13.5. The molecule has 416 valence electrons. The molecule has 4 aromatic carbocycles. The van der Waals surface area contributed by atoms with E-state index in [0.717, 1.165) is 73.8 Å². The fourth-order valence-electron chi connectivity index (χ4n) is 6.97. The summed E-state index contributed by atoms with van der Waals surface area (Å²) in [5, 5.41) is 37.6. The monoisotopic (exact) mass is 1140 g/mol. The zero-order chi connectivity index (χ0) is 57.2. The largest absolute Gasteiger partial charge is 0.490 e. The molecule has 0 spiro atoms. The fraction of sp³-hybridized carbons (Fsp3) is 0.362. The van der Waals surface area contributed by atoms with Crippen LogP contribution >= 0.6 is 23.4 Å². The number of nitro benzene ring substituents is 1. The van der Waals surface area contributed by atoms with Crippen molar-refractivity contribution in [1.29, 1.82) is 0 Å². The van der Waals surface area contributed by atoms with Crippen molar-refractivity contribution in [1.82, 2.24) is 14.5 Å². The Bertz CT molecular complexity index is 2690. The number of carbonyl (C=O) groups excluding carboxylic acids is 1. The van der Waals surface area contributed by atoms with E-state index in [1.54, 1.807) is 23.9 Å². The lowest BCUT2D eigenvalue weighted by Crippen LogP contribution is -2.47. The Morgan fingerprint density at radius 1 is 0.776 bits per heavy atom. The van der Waals surface area contributed by atoms with Crippen LogP contribution < -0.4 is 14.9 Å². The number of rotatable bonds is 16. The molecule has 1 aliphatic heterocycles. The smallest absolute Gasteiger partial charge is 0.475 e.